The fourth-order valence-corrected chi connectivity index (χ4v) is 5.06. The maximum Gasteiger partial charge on any atom is 0.227 e. The third-order valence-corrected chi connectivity index (χ3v) is 6.99. The van der Waals surface area contributed by atoms with Crippen molar-refractivity contribution in [1.82, 2.24) is 4.90 Å². The first-order chi connectivity index (χ1) is 12.2. The molecule has 2 atom stereocenters. The Hall–Kier alpha value is -1.56. The zero-order chi connectivity index (χ0) is 19.1. The van der Waals surface area contributed by atoms with Gasteiger partial charge in [0.1, 0.15) is 5.25 Å². The van der Waals surface area contributed by atoms with Gasteiger partial charge in [0, 0.05) is 22.8 Å². The summed E-state index contributed by atoms with van der Waals surface area (Å²) in [5, 5.41) is 0.117. The van der Waals surface area contributed by atoms with Crippen molar-refractivity contribution in [2.75, 3.05) is 12.8 Å². The van der Waals surface area contributed by atoms with Gasteiger partial charge in [-0.25, -0.2) is 8.42 Å². The first kappa shape index (κ1) is 19.2. The van der Waals surface area contributed by atoms with Gasteiger partial charge in [-0.3, -0.25) is 4.79 Å². The van der Waals surface area contributed by atoms with Crippen LogP contribution in [0.25, 0.3) is 0 Å². The summed E-state index contributed by atoms with van der Waals surface area (Å²) in [5.74, 6) is -0.198. The van der Waals surface area contributed by atoms with E-state index in [2.05, 4.69) is 0 Å². The molecule has 7 heteroatoms. The Morgan fingerprint density at radius 2 is 1.65 bits per heavy atom. The van der Waals surface area contributed by atoms with Gasteiger partial charge in [0.15, 0.2) is 9.84 Å². The average Bonchev–Trinajstić information content (AvgIpc) is 2.57. The van der Waals surface area contributed by atoms with Crippen LogP contribution in [-0.2, 0) is 21.1 Å². The summed E-state index contributed by atoms with van der Waals surface area (Å²) in [5.41, 5.74) is 2.18. The zero-order valence-electron chi connectivity index (χ0n) is 14.4. The van der Waals surface area contributed by atoms with E-state index in [9.17, 15) is 13.2 Å². The van der Waals surface area contributed by atoms with Gasteiger partial charge in [0.25, 0.3) is 0 Å². The number of carbonyl (C=O) groups excluding carboxylic acids is 1. The van der Waals surface area contributed by atoms with Crippen LogP contribution in [0.5, 0.6) is 0 Å². The highest BCUT2D eigenvalue weighted by atomic mass is 35.5. The molecule has 0 saturated heterocycles. The molecule has 0 fully saturated rings. The van der Waals surface area contributed by atoms with Crippen molar-refractivity contribution in [3.8, 4) is 0 Å². The third-order valence-electron chi connectivity index (χ3n) is 4.85. The number of rotatable bonds is 3. The highest BCUT2D eigenvalue weighted by Crippen LogP contribution is 2.38. The van der Waals surface area contributed by atoms with E-state index in [1.54, 1.807) is 23.1 Å². The number of hydrogen-bond acceptors (Lipinski definition) is 3. The predicted octanol–water partition coefficient (Wildman–Crippen LogP) is 4.23. The molecular weight excluding hydrogens is 393 g/mol. The van der Waals surface area contributed by atoms with Gasteiger partial charge >= 0.3 is 0 Å². The molecule has 0 radical (unpaired) electrons. The molecule has 4 nitrogen and oxygen atoms in total. The second kappa shape index (κ2) is 7.22. The van der Waals surface area contributed by atoms with Crippen molar-refractivity contribution >= 4 is 38.9 Å². The molecule has 1 heterocycles. The van der Waals surface area contributed by atoms with Crippen LogP contribution < -0.4 is 0 Å². The maximum atomic E-state index is 13.0. The smallest absolute Gasteiger partial charge is 0.227 e. The first-order valence-corrected chi connectivity index (χ1v) is 10.9. The molecule has 2 aromatic carbocycles. The summed E-state index contributed by atoms with van der Waals surface area (Å²) < 4.78 is 24.6. The maximum absolute atomic E-state index is 13.0. The molecule has 1 amide bonds. The van der Waals surface area contributed by atoms with Crippen molar-refractivity contribution in [1.29, 1.82) is 0 Å². The van der Waals surface area contributed by atoms with E-state index in [1.807, 2.05) is 31.2 Å². The van der Waals surface area contributed by atoms with E-state index in [-0.39, 0.29) is 24.9 Å². The largest absolute Gasteiger partial charge is 0.334 e. The minimum atomic E-state index is -3.36. The van der Waals surface area contributed by atoms with Gasteiger partial charge in [-0.15, -0.1) is 0 Å². The van der Waals surface area contributed by atoms with Gasteiger partial charge in [-0.1, -0.05) is 53.5 Å². The Morgan fingerprint density at radius 3 is 2.23 bits per heavy atom. The number of amides is 1. The summed E-state index contributed by atoms with van der Waals surface area (Å²) in [6.45, 7) is 2.03. The summed E-state index contributed by atoms with van der Waals surface area (Å²) in [4.78, 5) is 14.6. The van der Waals surface area contributed by atoms with Crippen LogP contribution in [0, 0.1) is 0 Å². The Bertz CT molecular complexity index is 939. The van der Waals surface area contributed by atoms with Gasteiger partial charge < -0.3 is 4.90 Å². The normalized spacial score (nSPS) is 19.9. The van der Waals surface area contributed by atoms with E-state index in [4.69, 9.17) is 23.2 Å². The summed E-state index contributed by atoms with van der Waals surface area (Å²) in [7, 11) is -3.36. The molecule has 0 N–H and O–H groups in total. The van der Waals surface area contributed by atoms with Crippen LogP contribution in [0.2, 0.25) is 10.0 Å². The van der Waals surface area contributed by atoms with Gasteiger partial charge in [-0.05, 0) is 35.7 Å². The average molecular weight is 412 g/mol. The lowest BCUT2D eigenvalue weighted by Gasteiger charge is -2.39. The van der Waals surface area contributed by atoms with Crippen molar-refractivity contribution in [2.45, 2.75) is 24.6 Å². The lowest BCUT2D eigenvalue weighted by atomic mass is 9.92. The molecule has 0 saturated carbocycles. The fraction of sp³-hybridized carbons (Fsp3) is 0.316. The van der Waals surface area contributed by atoms with Crippen molar-refractivity contribution in [3.63, 3.8) is 0 Å². The first-order valence-electron chi connectivity index (χ1n) is 8.20. The van der Waals surface area contributed by atoms with E-state index in [1.165, 1.54) is 6.26 Å². The molecule has 0 aliphatic carbocycles. The fourth-order valence-electron chi connectivity index (χ4n) is 3.43. The van der Waals surface area contributed by atoms with Gasteiger partial charge in [0.2, 0.25) is 5.91 Å². The van der Waals surface area contributed by atoms with Crippen molar-refractivity contribution < 1.29 is 13.2 Å². The number of fused-ring (bicyclic) bond motifs is 1. The van der Waals surface area contributed by atoms with E-state index >= 15 is 0 Å². The molecule has 0 aromatic heterocycles. The van der Waals surface area contributed by atoms with Crippen LogP contribution in [0.1, 0.15) is 34.9 Å². The molecule has 1 aliphatic heterocycles. The third kappa shape index (κ3) is 3.61. The standard InChI is InChI=1S/C19H19Cl2NO3S/c1-12-13-6-3-4-7-14(13)18(26(2,24)25)11-22(12)19(23)10-15-16(20)8-5-9-17(15)21/h3-9,12,18H,10-11H2,1-2H3/t12-,18?/m0/s1. The zero-order valence-corrected chi connectivity index (χ0v) is 16.8. The van der Waals surface area contributed by atoms with Crippen molar-refractivity contribution in [2.24, 2.45) is 0 Å². The monoisotopic (exact) mass is 411 g/mol. The summed E-state index contributed by atoms with van der Waals surface area (Å²) >= 11 is 12.4. The van der Waals surface area contributed by atoms with Crippen LogP contribution >= 0.6 is 23.2 Å². The Kier molecular flexibility index (Phi) is 5.33. The van der Waals surface area contributed by atoms with E-state index < -0.39 is 15.1 Å². The molecule has 1 aliphatic rings. The lowest BCUT2D eigenvalue weighted by molar-refractivity contribution is -0.133. The van der Waals surface area contributed by atoms with E-state index in [0.29, 0.717) is 15.6 Å². The number of nitrogens with zero attached hydrogens (tertiary/aromatic N) is 1. The Morgan fingerprint density at radius 1 is 1.08 bits per heavy atom. The molecule has 2 aromatic rings. The number of carbonyl (C=O) groups is 1. The summed E-state index contributed by atoms with van der Waals surface area (Å²) in [6, 6.07) is 12.2. The van der Waals surface area contributed by atoms with Gasteiger partial charge in [0.05, 0.1) is 12.5 Å². The lowest BCUT2D eigenvalue weighted by Crippen LogP contribution is -2.43. The number of benzene rings is 2. The topological polar surface area (TPSA) is 54.5 Å². The summed E-state index contributed by atoms with van der Waals surface area (Å²) in [6.07, 6.45) is 1.24. The quantitative estimate of drug-likeness (QED) is 0.759. The molecule has 0 spiro atoms. The SMILES string of the molecule is C[C@H]1c2ccccc2C(S(C)(=O)=O)CN1C(=O)Cc1c(Cl)cccc1Cl. The molecule has 138 valence electrons. The van der Waals surface area contributed by atoms with Crippen LogP contribution in [0.3, 0.4) is 0 Å². The molecule has 1 unspecified atom stereocenters. The predicted molar refractivity (Wildman–Crippen MR) is 104 cm³/mol. The number of hydrogen-bond donors (Lipinski definition) is 0. The van der Waals surface area contributed by atoms with Crippen LogP contribution in [0.15, 0.2) is 42.5 Å². The minimum Gasteiger partial charge on any atom is -0.334 e. The molecule has 3 rings (SSSR count). The second-order valence-corrected chi connectivity index (χ2v) is 9.59. The van der Waals surface area contributed by atoms with E-state index in [0.717, 1.165) is 11.1 Å². The van der Waals surface area contributed by atoms with Crippen LogP contribution in [0.4, 0.5) is 0 Å². The molecule has 26 heavy (non-hydrogen) atoms. The highest BCUT2D eigenvalue weighted by molar-refractivity contribution is 7.91. The molecular formula is C19H19Cl2NO3S. The minimum absolute atomic E-state index is 0.0293. The number of halogens is 2. The molecule has 0 bridgehead atoms. The second-order valence-electron chi connectivity index (χ2n) is 6.55. The Balaban J connectivity index is 1.97. The number of sulfone groups is 1. The van der Waals surface area contributed by atoms with Crippen LogP contribution in [-0.4, -0.2) is 32.0 Å². The van der Waals surface area contributed by atoms with Gasteiger partial charge in [-0.2, -0.15) is 0 Å². The highest BCUT2D eigenvalue weighted by Gasteiger charge is 2.37. The van der Waals surface area contributed by atoms with Crippen molar-refractivity contribution in [3.05, 3.63) is 69.2 Å². The Labute approximate surface area is 163 Å².